The van der Waals surface area contributed by atoms with Crippen molar-refractivity contribution in [2.24, 2.45) is 0 Å². The Hall–Kier alpha value is -2.51. The van der Waals surface area contributed by atoms with Gasteiger partial charge >= 0.3 is 5.97 Å². The summed E-state index contributed by atoms with van der Waals surface area (Å²) in [7, 11) is 0. The molecule has 1 heterocycles. The van der Waals surface area contributed by atoms with Gasteiger partial charge in [0.25, 0.3) is 0 Å². The molecule has 0 saturated heterocycles. The Labute approximate surface area is 115 Å². The van der Waals surface area contributed by atoms with Gasteiger partial charge in [0.1, 0.15) is 5.56 Å². The van der Waals surface area contributed by atoms with Crippen molar-refractivity contribution in [2.75, 3.05) is 11.5 Å². The Morgan fingerprint density at radius 3 is 2.15 bits per heavy atom. The Morgan fingerprint density at radius 1 is 1.20 bits per heavy atom. The fraction of sp³-hybridized carbons (Fsp3) is 0.417. The zero-order chi connectivity index (χ0) is 15.4. The van der Waals surface area contributed by atoms with Crippen molar-refractivity contribution in [3.05, 3.63) is 11.8 Å². The minimum absolute atomic E-state index is 0.115. The van der Waals surface area contributed by atoms with Gasteiger partial charge in [0.05, 0.1) is 12.8 Å². The summed E-state index contributed by atoms with van der Waals surface area (Å²) in [6, 6.07) is 0. The molecule has 8 heteroatoms. The van der Waals surface area contributed by atoms with Gasteiger partial charge in [-0.25, -0.2) is 14.4 Å². The Balaban J connectivity index is 3.41. The van der Waals surface area contributed by atoms with Crippen LogP contribution in [0.25, 0.3) is 0 Å². The predicted octanol–water partition coefficient (Wildman–Crippen LogP) is 0.619. The predicted molar refractivity (Wildman–Crippen MR) is 68.3 cm³/mol. The van der Waals surface area contributed by atoms with Crippen LogP contribution in [0.3, 0.4) is 0 Å². The molecular formula is C12H15N3O5. The van der Waals surface area contributed by atoms with E-state index in [4.69, 9.17) is 4.74 Å². The lowest BCUT2D eigenvalue weighted by Gasteiger charge is -2.15. The standard InChI is InChI=1S/C12H15N3O5/c1-5-20-12(19)10-6-14(7(2)16)13-11(10)15(8(3)17)9(4)18/h6H,5H2,1-4H3. The quantitative estimate of drug-likeness (QED) is 0.753. The third-order valence-corrected chi connectivity index (χ3v) is 2.35. The van der Waals surface area contributed by atoms with E-state index in [-0.39, 0.29) is 18.0 Å². The first-order chi connectivity index (χ1) is 9.29. The Bertz CT molecular complexity index is 562. The molecule has 108 valence electrons. The van der Waals surface area contributed by atoms with E-state index in [0.29, 0.717) is 4.90 Å². The highest BCUT2D eigenvalue weighted by Gasteiger charge is 2.28. The summed E-state index contributed by atoms with van der Waals surface area (Å²) in [5.41, 5.74) is -0.118. The Kier molecular flexibility index (Phi) is 4.73. The van der Waals surface area contributed by atoms with Crippen molar-refractivity contribution in [1.29, 1.82) is 0 Å². The second-order valence-electron chi connectivity index (χ2n) is 3.92. The first-order valence-corrected chi connectivity index (χ1v) is 5.88. The summed E-state index contributed by atoms with van der Waals surface area (Å²) in [6.07, 6.45) is 1.13. The maximum absolute atomic E-state index is 11.8. The summed E-state index contributed by atoms with van der Waals surface area (Å²) in [6.45, 7) is 5.27. The van der Waals surface area contributed by atoms with E-state index in [1.54, 1.807) is 6.92 Å². The highest BCUT2D eigenvalue weighted by molar-refractivity contribution is 6.15. The molecule has 1 rings (SSSR count). The number of hydrogen-bond acceptors (Lipinski definition) is 6. The largest absolute Gasteiger partial charge is 0.462 e. The molecule has 0 aliphatic heterocycles. The molecule has 0 aliphatic rings. The van der Waals surface area contributed by atoms with E-state index in [1.165, 1.54) is 6.92 Å². The first-order valence-electron chi connectivity index (χ1n) is 5.88. The summed E-state index contributed by atoms with van der Waals surface area (Å²) < 4.78 is 5.69. The Morgan fingerprint density at radius 2 is 1.75 bits per heavy atom. The molecule has 0 saturated carbocycles. The van der Waals surface area contributed by atoms with Crippen LogP contribution in [0.2, 0.25) is 0 Å². The lowest BCUT2D eigenvalue weighted by atomic mass is 10.3. The molecule has 1 aromatic heterocycles. The molecule has 1 aromatic rings. The van der Waals surface area contributed by atoms with E-state index >= 15 is 0 Å². The van der Waals surface area contributed by atoms with Crippen LogP contribution in [-0.4, -0.2) is 40.1 Å². The SMILES string of the molecule is CCOC(=O)c1cn(C(C)=O)nc1N(C(C)=O)C(C)=O. The van der Waals surface area contributed by atoms with Crippen LogP contribution in [0.4, 0.5) is 5.82 Å². The van der Waals surface area contributed by atoms with Gasteiger partial charge in [-0.15, -0.1) is 5.10 Å². The van der Waals surface area contributed by atoms with Crippen molar-refractivity contribution in [1.82, 2.24) is 9.78 Å². The van der Waals surface area contributed by atoms with E-state index in [0.717, 1.165) is 24.7 Å². The number of rotatable bonds is 3. The van der Waals surface area contributed by atoms with Gasteiger partial charge in [0, 0.05) is 20.8 Å². The van der Waals surface area contributed by atoms with Gasteiger partial charge in [-0.1, -0.05) is 0 Å². The van der Waals surface area contributed by atoms with Crippen LogP contribution >= 0.6 is 0 Å². The lowest BCUT2D eigenvalue weighted by molar-refractivity contribution is -0.124. The maximum atomic E-state index is 11.8. The van der Waals surface area contributed by atoms with Crippen LogP contribution in [0.5, 0.6) is 0 Å². The molecule has 0 spiro atoms. The second-order valence-corrected chi connectivity index (χ2v) is 3.92. The van der Waals surface area contributed by atoms with Crippen LogP contribution in [0, 0.1) is 0 Å². The average molecular weight is 281 g/mol. The number of esters is 1. The first kappa shape index (κ1) is 15.5. The number of carbonyl (C=O) groups excluding carboxylic acids is 4. The third kappa shape index (κ3) is 3.08. The fourth-order valence-electron chi connectivity index (χ4n) is 1.56. The average Bonchev–Trinajstić information content (AvgIpc) is 2.73. The van der Waals surface area contributed by atoms with Crippen LogP contribution in [0.1, 0.15) is 42.8 Å². The summed E-state index contributed by atoms with van der Waals surface area (Å²) in [5, 5.41) is 3.81. The van der Waals surface area contributed by atoms with E-state index in [2.05, 4.69) is 5.10 Å². The van der Waals surface area contributed by atoms with Crippen molar-refractivity contribution < 1.29 is 23.9 Å². The third-order valence-electron chi connectivity index (χ3n) is 2.35. The number of imide groups is 1. The summed E-state index contributed by atoms with van der Waals surface area (Å²) in [4.78, 5) is 46.9. The van der Waals surface area contributed by atoms with E-state index < -0.39 is 23.7 Å². The number of amides is 2. The van der Waals surface area contributed by atoms with Crippen molar-refractivity contribution in [2.45, 2.75) is 27.7 Å². The van der Waals surface area contributed by atoms with Gasteiger partial charge in [0.15, 0.2) is 5.82 Å². The van der Waals surface area contributed by atoms with Crippen molar-refractivity contribution in [3.63, 3.8) is 0 Å². The van der Waals surface area contributed by atoms with Crippen LogP contribution < -0.4 is 4.90 Å². The molecule has 0 fully saturated rings. The molecular weight excluding hydrogens is 266 g/mol. The van der Waals surface area contributed by atoms with Crippen molar-refractivity contribution >= 4 is 29.5 Å². The number of hydrogen-bond donors (Lipinski definition) is 0. The number of anilines is 1. The zero-order valence-electron chi connectivity index (χ0n) is 11.7. The highest BCUT2D eigenvalue weighted by Crippen LogP contribution is 2.20. The summed E-state index contributed by atoms with van der Waals surface area (Å²) in [5.74, 6) is -2.66. The molecule has 0 atom stereocenters. The van der Waals surface area contributed by atoms with Crippen LogP contribution in [0.15, 0.2) is 6.20 Å². The van der Waals surface area contributed by atoms with Gasteiger partial charge in [-0.05, 0) is 6.92 Å². The lowest BCUT2D eigenvalue weighted by Crippen LogP contribution is -2.34. The molecule has 2 amide bonds. The number of aromatic nitrogens is 2. The minimum atomic E-state index is -0.762. The highest BCUT2D eigenvalue weighted by atomic mass is 16.5. The number of carbonyl (C=O) groups is 4. The molecule has 0 N–H and O–H groups in total. The normalized spacial score (nSPS) is 10.0. The molecule has 0 radical (unpaired) electrons. The van der Waals surface area contributed by atoms with Gasteiger partial charge in [-0.2, -0.15) is 0 Å². The topological polar surface area (TPSA) is 98.6 Å². The molecule has 0 bridgehead atoms. The van der Waals surface area contributed by atoms with Crippen LogP contribution in [-0.2, 0) is 14.3 Å². The molecule has 0 aliphatic carbocycles. The summed E-state index contributed by atoms with van der Waals surface area (Å²) >= 11 is 0. The molecule has 20 heavy (non-hydrogen) atoms. The van der Waals surface area contributed by atoms with Gasteiger partial charge in [0.2, 0.25) is 17.7 Å². The second kappa shape index (κ2) is 6.09. The molecule has 8 nitrogen and oxygen atoms in total. The smallest absolute Gasteiger partial charge is 0.343 e. The fourth-order valence-corrected chi connectivity index (χ4v) is 1.56. The maximum Gasteiger partial charge on any atom is 0.343 e. The minimum Gasteiger partial charge on any atom is -0.462 e. The van der Waals surface area contributed by atoms with Gasteiger partial charge in [-0.3, -0.25) is 14.4 Å². The van der Waals surface area contributed by atoms with Crippen molar-refractivity contribution in [3.8, 4) is 0 Å². The molecule has 0 aromatic carbocycles. The number of ether oxygens (including phenoxy) is 1. The number of nitrogens with zero attached hydrogens (tertiary/aromatic N) is 3. The van der Waals surface area contributed by atoms with E-state index in [9.17, 15) is 19.2 Å². The molecule has 0 unspecified atom stereocenters. The zero-order valence-corrected chi connectivity index (χ0v) is 11.7. The van der Waals surface area contributed by atoms with E-state index in [1.807, 2.05) is 0 Å². The monoisotopic (exact) mass is 281 g/mol. The van der Waals surface area contributed by atoms with Gasteiger partial charge < -0.3 is 4.74 Å².